The van der Waals surface area contributed by atoms with Crippen molar-refractivity contribution < 1.29 is 35.6 Å². The summed E-state index contributed by atoms with van der Waals surface area (Å²) in [7, 11) is 0. The molecule has 1 aliphatic carbocycles. The number of aromatic nitrogens is 5. The number of halogens is 6. The Hall–Kier alpha value is -3.65. The van der Waals surface area contributed by atoms with E-state index in [4.69, 9.17) is 4.42 Å². The second kappa shape index (κ2) is 7.68. The van der Waals surface area contributed by atoms with Gasteiger partial charge < -0.3 is 14.6 Å². The van der Waals surface area contributed by atoms with Crippen molar-refractivity contribution in [2.45, 2.75) is 50.1 Å². The van der Waals surface area contributed by atoms with Crippen molar-refractivity contribution >= 4 is 11.7 Å². The number of hydrogen-bond acceptors (Lipinski definition) is 6. The standard InChI is InChI=1S/C20H17F6N7O2/c1-10-30-31-16(35-10)18-8-11(19(21,22)23)6-13(9-18)32(18)17(34)29-12-2-3-14(20(24,25)26)15(7-12)33-27-4-5-28-33/h2-5,7,11,13H,6,8-9H2,1H3,(H,29,34)/t11-,13+,18-/m0/s1. The van der Waals surface area contributed by atoms with Crippen LogP contribution < -0.4 is 5.32 Å². The lowest BCUT2D eigenvalue weighted by atomic mass is 9.63. The van der Waals surface area contributed by atoms with Crippen molar-refractivity contribution in [3.63, 3.8) is 0 Å². The molecule has 1 N–H and O–H groups in total. The smallest absolute Gasteiger partial charge is 0.418 e. The van der Waals surface area contributed by atoms with Gasteiger partial charge in [0.25, 0.3) is 0 Å². The number of alkyl halides is 6. The highest BCUT2D eigenvalue weighted by molar-refractivity contribution is 5.91. The average Bonchev–Trinajstić information content (AvgIpc) is 3.44. The third-order valence-corrected chi connectivity index (χ3v) is 6.33. The van der Waals surface area contributed by atoms with Crippen molar-refractivity contribution in [1.29, 1.82) is 0 Å². The molecule has 2 aromatic heterocycles. The Morgan fingerprint density at radius 3 is 2.43 bits per heavy atom. The van der Waals surface area contributed by atoms with E-state index in [0.717, 1.165) is 23.0 Å². The van der Waals surface area contributed by atoms with Crippen molar-refractivity contribution in [3.8, 4) is 5.69 Å². The maximum Gasteiger partial charge on any atom is 0.418 e. The minimum absolute atomic E-state index is 0.0236. The fourth-order valence-corrected chi connectivity index (χ4v) is 4.92. The summed E-state index contributed by atoms with van der Waals surface area (Å²) < 4.78 is 86.4. The lowest BCUT2D eigenvalue weighted by molar-refractivity contribution is -0.229. The lowest BCUT2D eigenvalue weighted by Crippen LogP contribution is -2.71. The number of hydrogen-bond donors (Lipinski definition) is 1. The number of carbonyl (C=O) groups is 1. The summed E-state index contributed by atoms with van der Waals surface area (Å²) in [4.78, 5) is 15.2. The number of aryl methyl sites for hydroxylation is 1. The first-order valence-electron chi connectivity index (χ1n) is 10.4. The van der Waals surface area contributed by atoms with Crippen molar-refractivity contribution in [2.24, 2.45) is 5.92 Å². The molecule has 2 amide bonds. The Kier molecular flexibility index (Phi) is 5.07. The lowest BCUT2D eigenvalue weighted by Gasteiger charge is -2.61. The number of likely N-dealkylation sites (tertiary alicyclic amines) is 1. The molecule has 3 aromatic rings. The van der Waals surface area contributed by atoms with E-state index in [1.54, 1.807) is 0 Å². The van der Waals surface area contributed by atoms with Crippen LogP contribution in [0.15, 0.2) is 35.0 Å². The van der Waals surface area contributed by atoms with Crippen LogP contribution in [0, 0.1) is 12.8 Å². The summed E-state index contributed by atoms with van der Waals surface area (Å²) in [5.41, 5.74) is -2.95. The van der Waals surface area contributed by atoms with Gasteiger partial charge in [0.05, 0.1) is 29.6 Å². The van der Waals surface area contributed by atoms with Crippen molar-refractivity contribution in [3.05, 3.63) is 47.9 Å². The molecule has 186 valence electrons. The van der Waals surface area contributed by atoms with E-state index in [-0.39, 0.29) is 30.3 Å². The summed E-state index contributed by atoms with van der Waals surface area (Å²) in [5, 5.41) is 17.5. The molecule has 3 atom stereocenters. The fraction of sp³-hybridized carbons (Fsp3) is 0.450. The van der Waals surface area contributed by atoms with E-state index in [1.165, 1.54) is 24.2 Å². The van der Waals surface area contributed by atoms with E-state index in [1.807, 2.05) is 0 Å². The van der Waals surface area contributed by atoms with E-state index in [2.05, 4.69) is 25.7 Å². The number of nitrogens with one attached hydrogen (secondary N) is 1. The number of amides is 2. The topological polar surface area (TPSA) is 102 Å². The van der Waals surface area contributed by atoms with Gasteiger partial charge in [0.1, 0.15) is 5.54 Å². The molecule has 2 bridgehead atoms. The number of fused-ring (bicyclic) bond motifs is 2. The minimum atomic E-state index is -4.72. The molecule has 9 nitrogen and oxygen atoms in total. The van der Waals surface area contributed by atoms with E-state index in [9.17, 15) is 31.1 Å². The van der Waals surface area contributed by atoms with Crippen LogP contribution in [0.3, 0.4) is 0 Å². The quantitative estimate of drug-likeness (QED) is 0.532. The third kappa shape index (κ3) is 3.87. The van der Waals surface area contributed by atoms with Crippen molar-refractivity contribution in [2.75, 3.05) is 5.32 Å². The van der Waals surface area contributed by atoms with Crippen LogP contribution in [0.25, 0.3) is 5.69 Å². The Bertz CT molecular complexity index is 1260. The summed E-state index contributed by atoms with van der Waals surface area (Å²) in [5.74, 6) is -1.64. The molecule has 2 fully saturated rings. The number of carbonyl (C=O) groups excluding carboxylic acids is 1. The summed E-state index contributed by atoms with van der Waals surface area (Å²) in [6.45, 7) is 1.48. The van der Waals surface area contributed by atoms with Gasteiger partial charge in [0, 0.05) is 25.1 Å². The Morgan fingerprint density at radius 2 is 1.83 bits per heavy atom. The van der Waals surface area contributed by atoms with Gasteiger partial charge in [-0.1, -0.05) is 0 Å². The molecule has 1 saturated heterocycles. The molecular formula is C20H17F6N7O2. The molecular weight excluding hydrogens is 484 g/mol. The maximum atomic E-state index is 13.5. The number of nitrogens with zero attached hydrogens (tertiary/aromatic N) is 6. The Labute approximate surface area is 193 Å². The predicted molar refractivity (Wildman–Crippen MR) is 105 cm³/mol. The molecule has 2 aliphatic rings. The van der Waals surface area contributed by atoms with Crippen LogP contribution >= 0.6 is 0 Å². The second-order valence-electron chi connectivity index (χ2n) is 8.54. The zero-order valence-electron chi connectivity index (χ0n) is 17.9. The first-order chi connectivity index (χ1) is 16.4. The predicted octanol–water partition coefficient (Wildman–Crippen LogP) is 4.45. The zero-order chi connectivity index (χ0) is 25.2. The van der Waals surface area contributed by atoms with Crippen LogP contribution in [-0.2, 0) is 11.7 Å². The van der Waals surface area contributed by atoms with Gasteiger partial charge >= 0.3 is 18.4 Å². The number of rotatable bonds is 3. The first-order valence-corrected chi connectivity index (χ1v) is 10.4. The number of benzene rings is 1. The monoisotopic (exact) mass is 501 g/mol. The van der Waals surface area contributed by atoms with E-state index in [0.29, 0.717) is 0 Å². The highest BCUT2D eigenvalue weighted by Crippen LogP contribution is 2.58. The molecule has 1 aliphatic heterocycles. The number of anilines is 1. The van der Waals surface area contributed by atoms with Gasteiger partial charge in [-0.25, -0.2) is 4.79 Å². The Balaban J connectivity index is 1.46. The van der Waals surface area contributed by atoms with Gasteiger partial charge in [0.2, 0.25) is 11.8 Å². The van der Waals surface area contributed by atoms with Gasteiger partial charge in [-0.05, 0) is 31.0 Å². The molecule has 1 saturated carbocycles. The summed E-state index contributed by atoms with van der Waals surface area (Å²) in [6.07, 6.45) is -7.37. The van der Waals surface area contributed by atoms with Crippen LogP contribution in [0.2, 0.25) is 0 Å². The second-order valence-corrected chi connectivity index (χ2v) is 8.54. The normalized spacial score (nSPS) is 24.3. The van der Waals surface area contributed by atoms with Crippen LogP contribution in [0.5, 0.6) is 0 Å². The van der Waals surface area contributed by atoms with Gasteiger partial charge in [-0.2, -0.15) is 41.3 Å². The molecule has 0 radical (unpaired) electrons. The van der Waals surface area contributed by atoms with E-state index < -0.39 is 53.6 Å². The van der Waals surface area contributed by atoms with Gasteiger partial charge in [-0.3, -0.25) is 0 Å². The minimum Gasteiger partial charge on any atom is -0.423 e. The number of urea groups is 1. The molecule has 5 rings (SSSR count). The highest BCUT2D eigenvalue weighted by Gasteiger charge is 2.66. The van der Waals surface area contributed by atoms with Crippen molar-refractivity contribution in [1.82, 2.24) is 30.1 Å². The highest BCUT2D eigenvalue weighted by atomic mass is 19.4. The molecule has 15 heteroatoms. The third-order valence-electron chi connectivity index (χ3n) is 6.33. The van der Waals surface area contributed by atoms with Gasteiger partial charge in [0.15, 0.2) is 0 Å². The largest absolute Gasteiger partial charge is 0.423 e. The molecule has 35 heavy (non-hydrogen) atoms. The van der Waals surface area contributed by atoms with E-state index >= 15 is 0 Å². The molecule has 1 aromatic carbocycles. The molecule has 0 unspecified atom stereocenters. The summed E-state index contributed by atoms with van der Waals surface area (Å²) in [6, 6.07) is 1.30. The van der Waals surface area contributed by atoms with Crippen LogP contribution in [-0.4, -0.2) is 48.3 Å². The molecule has 0 spiro atoms. The van der Waals surface area contributed by atoms with Crippen LogP contribution in [0.4, 0.5) is 36.8 Å². The zero-order valence-corrected chi connectivity index (χ0v) is 17.9. The summed E-state index contributed by atoms with van der Waals surface area (Å²) >= 11 is 0. The first kappa shape index (κ1) is 23.1. The SMILES string of the molecule is Cc1nnc([C@@]23C[C@@H](C[C@H](C(F)(F)F)C2)N3C(=O)Nc2ccc(C(F)(F)F)c(-n3nccn3)c2)o1. The average molecular weight is 501 g/mol. The number of piperidine rings is 1. The van der Waals surface area contributed by atoms with Crippen LogP contribution in [0.1, 0.15) is 36.6 Å². The Morgan fingerprint density at radius 1 is 1.11 bits per heavy atom. The molecule has 3 heterocycles. The van der Waals surface area contributed by atoms with Gasteiger partial charge in [-0.15, -0.1) is 10.2 Å². The fourth-order valence-electron chi connectivity index (χ4n) is 4.92. The maximum absolute atomic E-state index is 13.5.